The Kier molecular flexibility index (Phi) is 2.91. The van der Waals surface area contributed by atoms with Crippen LogP contribution in [0.3, 0.4) is 0 Å². The largest absolute Gasteiger partial charge is 0.454 e. The Hall–Kier alpha value is -1.09. The second kappa shape index (κ2) is 4.19. The molecule has 2 unspecified atom stereocenters. The minimum absolute atomic E-state index is 0.0907. The van der Waals surface area contributed by atoms with E-state index >= 15 is 0 Å². The summed E-state index contributed by atoms with van der Waals surface area (Å²) in [4.78, 5) is 11.5. The Bertz CT molecular complexity index is 326. The first-order valence-corrected chi connectivity index (χ1v) is 5.47. The third-order valence-electron chi connectivity index (χ3n) is 2.92. The number of ether oxygens (including phenoxy) is 1. The molecule has 0 fully saturated rings. The predicted molar refractivity (Wildman–Crippen MR) is 56.2 cm³/mol. The Morgan fingerprint density at radius 3 is 3.20 bits per heavy atom. The van der Waals surface area contributed by atoms with Crippen LogP contribution < -0.4 is 0 Å². The quantitative estimate of drug-likeness (QED) is 0.718. The van der Waals surface area contributed by atoms with Gasteiger partial charge in [-0.15, -0.1) is 0 Å². The van der Waals surface area contributed by atoms with Crippen LogP contribution in [0.1, 0.15) is 32.6 Å². The summed E-state index contributed by atoms with van der Waals surface area (Å²) in [6.07, 6.45) is 6.78. The predicted octanol–water partition coefficient (Wildman–Crippen LogP) is 1.72. The zero-order chi connectivity index (χ0) is 10.8. The number of aliphatic hydroxyl groups is 1. The van der Waals surface area contributed by atoms with Gasteiger partial charge in [0.25, 0.3) is 0 Å². The van der Waals surface area contributed by atoms with Crippen molar-refractivity contribution in [2.24, 2.45) is 0 Å². The van der Waals surface area contributed by atoms with Crippen LogP contribution in [0.4, 0.5) is 0 Å². The topological polar surface area (TPSA) is 46.5 Å². The highest BCUT2D eigenvalue weighted by Gasteiger charge is 2.32. The van der Waals surface area contributed by atoms with Crippen molar-refractivity contribution in [1.29, 1.82) is 0 Å². The lowest BCUT2D eigenvalue weighted by Gasteiger charge is -2.15. The Morgan fingerprint density at radius 2 is 2.47 bits per heavy atom. The van der Waals surface area contributed by atoms with Gasteiger partial charge in [-0.05, 0) is 38.2 Å². The lowest BCUT2D eigenvalue weighted by molar-refractivity contribution is -0.139. The molecule has 3 nitrogen and oxygen atoms in total. The highest BCUT2D eigenvalue weighted by atomic mass is 16.5. The van der Waals surface area contributed by atoms with Gasteiger partial charge in [0.15, 0.2) is 0 Å². The Labute approximate surface area is 89.4 Å². The van der Waals surface area contributed by atoms with Crippen molar-refractivity contribution in [3.05, 3.63) is 23.3 Å². The van der Waals surface area contributed by atoms with Crippen LogP contribution >= 0.6 is 0 Å². The maximum Gasteiger partial charge on any atom is 0.338 e. The minimum atomic E-state index is -0.326. The van der Waals surface area contributed by atoms with E-state index in [9.17, 15) is 9.90 Å². The molecule has 2 rings (SSSR count). The smallest absolute Gasteiger partial charge is 0.338 e. The van der Waals surface area contributed by atoms with Gasteiger partial charge < -0.3 is 9.84 Å². The number of hydrogen-bond acceptors (Lipinski definition) is 3. The van der Waals surface area contributed by atoms with E-state index in [4.69, 9.17) is 4.74 Å². The molecule has 1 heterocycles. The normalized spacial score (nSPS) is 26.5. The Morgan fingerprint density at radius 1 is 1.67 bits per heavy atom. The van der Waals surface area contributed by atoms with Crippen LogP contribution in [0.5, 0.6) is 0 Å². The number of cyclic esters (lactones) is 1. The number of hydrogen-bond donors (Lipinski definition) is 1. The molecule has 15 heavy (non-hydrogen) atoms. The van der Waals surface area contributed by atoms with Crippen molar-refractivity contribution in [2.45, 2.75) is 44.8 Å². The monoisotopic (exact) mass is 208 g/mol. The molecule has 0 saturated heterocycles. The van der Waals surface area contributed by atoms with Gasteiger partial charge in [0.1, 0.15) is 6.10 Å². The highest BCUT2D eigenvalue weighted by Crippen LogP contribution is 2.33. The molecule has 82 valence electrons. The average Bonchev–Trinajstić information content (AvgIpc) is 2.54. The van der Waals surface area contributed by atoms with Gasteiger partial charge in [-0.2, -0.15) is 0 Å². The van der Waals surface area contributed by atoms with E-state index in [1.54, 1.807) is 6.92 Å². The molecule has 2 aliphatic rings. The SMILES string of the molecule is CC(O)CCC1OC(=O)C2=C1CCC=C2. The van der Waals surface area contributed by atoms with Crippen molar-refractivity contribution >= 4 is 5.97 Å². The first-order chi connectivity index (χ1) is 7.18. The fourth-order valence-corrected chi connectivity index (χ4v) is 2.10. The van der Waals surface area contributed by atoms with Gasteiger partial charge in [0, 0.05) is 0 Å². The molecule has 0 amide bonds. The third kappa shape index (κ3) is 2.12. The molecule has 0 radical (unpaired) electrons. The highest BCUT2D eigenvalue weighted by molar-refractivity contribution is 5.95. The summed E-state index contributed by atoms with van der Waals surface area (Å²) in [7, 11) is 0. The van der Waals surface area contributed by atoms with Crippen LogP contribution in [0.25, 0.3) is 0 Å². The fraction of sp³-hybridized carbons (Fsp3) is 0.583. The van der Waals surface area contributed by atoms with Gasteiger partial charge in [-0.3, -0.25) is 0 Å². The molecular formula is C12H16O3. The van der Waals surface area contributed by atoms with E-state index < -0.39 is 0 Å². The lowest BCUT2D eigenvalue weighted by atomic mass is 9.93. The van der Waals surface area contributed by atoms with Crippen molar-refractivity contribution in [1.82, 2.24) is 0 Å². The number of carbonyl (C=O) groups excluding carboxylic acids is 1. The number of esters is 1. The standard InChI is InChI=1S/C12H16O3/c1-8(13)6-7-11-9-4-2-3-5-10(9)12(14)15-11/h3,5,8,11,13H,2,4,6-7H2,1H3. The Balaban J connectivity index is 2.06. The maximum absolute atomic E-state index is 11.5. The molecule has 3 heteroatoms. The number of allylic oxidation sites excluding steroid dienone is 1. The van der Waals surface area contributed by atoms with Crippen LogP contribution in [-0.4, -0.2) is 23.3 Å². The summed E-state index contributed by atoms with van der Waals surface area (Å²) in [5.74, 6) is -0.198. The van der Waals surface area contributed by atoms with Crippen molar-refractivity contribution in [3.63, 3.8) is 0 Å². The molecule has 0 saturated carbocycles. The summed E-state index contributed by atoms with van der Waals surface area (Å²) in [6.45, 7) is 1.76. The summed E-state index contributed by atoms with van der Waals surface area (Å²) < 4.78 is 5.28. The molecule has 1 aliphatic carbocycles. The zero-order valence-corrected chi connectivity index (χ0v) is 8.90. The van der Waals surface area contributed by atoms with Gasteiger partial charge in [0.05, 0.1) is 11.7 Å². The minimum Gasteiger partial charge on any atom is -0.454 e. The molecule has 2 atom stereocenters. The number of carbonyl (C=O) groups is 1. The first-order valence-electron chi connectivity index (χ1n) is 5.47. The van der Waals surface area contributed by atoms with Crippen LogP contribution in [-0.2, 0) is 9.53 Å². The van der Waals surface area contributed by atoms with E-state index in [0.717, 1.165) is 30.4 Å². The molecule has 0 bridgehead atoms. The van der Waals surface area contributed by atoms with Crippen LogP contribution in [0.2, 0.25) is 0 Å². The summed E-state index contributed by atoms with van der Waals surface area (Å²) in [6, 6.07) is 0. The van der Waals surface area contributed by atoms with Gasteiger partial charge in [-0.25, -0.2) is 4.79 Å². The summed E-state index contributed by atoms with van der Waals surface area (Å²) in [5.41, 5.74) is 1.87. The van der Waals surface area contributed by atoms with E-state index in [1.807, 2.05) is 12.2 Å². The maximum atomic E-state index is 11.5. The molecule has 1 aliphatic heterocycles. The number of aliphatic hydroxyl groups excluding tert-OH is 1. The summed E-state index contributed by atoms with van der Waals surface area (Å²) >= 11 is 0. The summed E-state index contributed by atoms with van der Waals surface area (Å²) in [5, 5.41) is 9.20. The second-order valence-corrected chi connectivity index (χ2v) is 4.20. The molecule has 0 spiro atoms. The van der Waals surface area contributed by atoms with E-state index in [2.05, 4.69) is 0 Å². The molecule has 0 aromatic heterocycles. The third-order valence-corrected chi connectivity index (χ3v) is 2.92. The van der Waals surface area contributed by atoms with Crippen molar-refractivity contribution in [2.75, 3.05) is 0 Å². The van der Waals surface area contributed by atoms with Crippen LogP contribution in [0, 0.1) is 0 Å². The second-order valence-electron chi connectivity index (χ2n) is 4.20. The van der Waals surface area contributed by atoms with Crippen molar-refractivity contribution in [3.8, 4) is 0 Å². The van der Waals surface area contributed by atoms with E-state index in [0.29, 0.717) is 6.42 Å². The van der Waals surface area contributed by atoms with Gasteiger partial charge in [0.2, 0.25) is 0 Å². The first kappa shape index (κ1) is 10.4. The van der Waals surface area contributed by atoms with Crippen molar-refractivity contribution < 1.29 is 14.6 Å². The average molecular weight is 208 g/mol. The van der Waals surface area contributed by atoms with E-state index in [1.165, 1.54) is 0 Å². The molecule has 1 N–H and O–H groups in total. The fourth-order valence-electron chi connectivity index (χ4n) is 2.10. The van der Waals surface area contributed by atoms with Crippen LogP contribution in [0.15, 0.2) is 23.3 Å². The molecule has 0 aromatic carbocycles. The van der Waals surface area contributed by atoms with Gasteiger partial charge >= 0.3 is 5.97 Å². The lowest BCUT2D eigenvalue weighted by Crippen LogP contribution is -2.14. The van der Waals surface area contributed by atoms with Gasteiger partial charge in [-0.1, -0.05) is 12.2 Å². The molecular weight excluding hydrogens is 192 g/mol. The number of rotatable bonds is 3. The molecule has 0 aromatic rings. The zero-order valence-electron chi connectivity index (χ0n) is 8.90. The van der Waals surface area contributed by atoms with E-state index in [-0.39, 0.29) is 18.2 Å².